The molecule has 0 heterocycles. The van der Waals surface area contributed by atoms with Gasteiger partial charge in [-0.05, 0) is 25.7 Å². The molecule has 0 radical (unpaired) electrons. The number of allylic oxidation sites excluding steroid dienone is 2. The van der Waals surface area contributed by atoms with Gasteiger partial charge in [0.25, 0.3) is 0 Å². The Morgan fingerprint density at radius 3 is 2.07 bits per heavy atom. The Morgan fingerprint density at radius 1 is 0.933 bits per heavy atom. The van der Waals surface area contributed by atoms with Gasteiger partial charge < -0.3 is 5.32 Å². The van der Waals surface area contributed by atoms with Gasteiger partial charge in [-0.1, -0.05) is 45.2 Å². The molecule has 0 aliphatic rings. The minimum absolute atomic E-state index is 1.15. The van der Waals surface area contributed by atoms with Crippen molar-refractivity contribution in [1.82, 2.24) is 5.32 Å². The third kappa shape index (κ3) is 7.66. The molecule has 2 heteroatoms. The van der Waals surface area contributed by atoms with Crippen molar-refractivity contribution < 1.29 is 0 Å². The lowest BCUT2D eigenvalue weighted by atomic mass is 10.1. The fourth-order valence-corrected chi connectivity index (χ4v) is 2.46. The van der Waals surface area contributed by atoms with Crippen molar-refractivity contribution in [2.24, 2.45) is 0 Å². The Balaban J connectivity index is 4.14. The van der Waals surface area contributed by atoms with E-state index in [9.17, 15) is 0 Å². The Morgan fingerprint density at radius 2 is 1.53 bits per heavy atom. The summed E-state index contributed by atoms with van der Waals surface area (Å²) in [5, 5.41) is 5.35. The van der Waals surface area contributed by atoms with E-state index in [0.717, 1.165) is 6.54 Å². The summed E-state index contributed by atoms with van der Waals surface area (Å²) in [4.78, 5) is 0. The highest BCUT2D eigenvalue weighted by atomic mass is 28.1. The monoisotopic (exact) mass is 227 g/mol. The number of unbranched alkanes of at least 4 members (excludes halogenated alkanes) is 2. The third-order valence-electron chi connectivity index (χ3n) is 2.79. The first-order chi connectivity index (χ1) is 7.26. The first-order valence-corrected chi connectivity index (χ1v) is 7.68. The second kappa shape index (κ2) is 10.3. The number of hydrogen-bond acceptors (Lipinski definition) is 1. The van der Waals surface area contributed by atoms with E-state index in [1.54, 1.807) is 10.9 Å². The molecule has 1 nitrogen and oxygen atoms in total. The Hall–Kier alpha value is -0.243. The van der Waals surface area contributed by atoms with E-state index in [-0.39, 0.29) is 0 Å². The SMILES string of the molecule is CCCCC([SiH3])=C(CCCC)NCCC. The molecule has 0 bridgehead atoms. The van der Waals surface area contributed by atoms with Crippen molar-refractivity contribution in [3.8, 4) is 0 Å². The van der Waals surface area contributed by atoms with E-state index < -0.39 is 0 Å². The second-order valence-corrected chi connectivity index (χ2v) is 5.60. The fraction of sp³-hybridized carbons (Fsp3) is 0.846. The van der Waals surface area contributed by atoms with Crippen molar-refractivity contribution in [1.29, 1.82) is 0 Å². The van der Waals surface area contributed by atoms with Crippen LogP contribution >= 0.6 is 0 Å². The lowest BCUT2D eigenvalue weighted by Crippen LogP contribution is -2.16. The molecule has 0 saturated carbocycles. The summed E-state index contributed by atoms with van der Waals surface area (Å²) in [5.74, 6) is 0. The molecule has 1 N–H and O–H groups in total. The summed E-state index contributed by atoms with van der Waals surface area (Å²) in [5.41, 5.74) is 1.58. The van der Waals surface area contributed by atoms with Crippen LogP contribution in [-0.4, -0.2) is 16.8 Å². The van der Waals surface area contributed by atoms with Crippen LogP contribution in [0, 0.1) is 0 Å². The molecule has 0 aromatic heterocycles. The Labute approximate surface area is 99.1 Å². The topological polar surface area (TPSA) is 12.0 Å². The minimum Gasteiger partial charge on any atom is -0.389 e. The molecule has 0 unspecified atom stereocenters. The highest BCUT2D eigenvalue weighted by molar-refractivity contribution is 6.21. The standard InChI is InChI=1S/C13H29NSi/c1-4-7-9-12(14-11-6-3)13(15)10-8-5-2/h14H,4-11H2,1-3,15H3. The van der Waals surface area contributed by atoms with Gasteiger partial charge in [0.1, 0.15) is 0 Å². The molecule has 0 spiro atoms. The first-order valence-electron chi connectivity index (χ1n) is 6.68. The quantitative estimate of drug-likeness (QED) is 0.597. The molecule has 15 heavy (non-hydrogen) atoms. The molecule has 0 fully saturated rings. The largest absolute Gasteiger partial charge is 0.389 e. The average Bonchev–Trinajstić information content (AvgIpc) is 2.26. The van der Waals surface area contributed by atoms with Gasteiger partial charge in [0, 0.05) is 22.5 Å². The van der Waals surface area contributed by atoms with Crippen LogP contribution < -0.4 is 5.32 Å². The molecule has 0 saturated heterocycles. The van der Waals surface area contributed by atoms with Gasteiger partial charge in [-0.25, -0.2) is 0 Å². The molecule has 0 amide bonds. The number of rotatable bonds is 9. The van der Waals surface area contributed by atoms with Crippen LogP contribution in [0.25, 0.3) is 0 Å². The van der Waals surface area contributed by atoms with Crippen LogP contribution in [0.3, 0.4) is 0 Å². The maximum absolute atomic E-state index is 3.63. The maximum Gasteiger partial charge on any atom is 0.0355 e. The highest BCUT2D eigenvalue weighted by Crippen LogP contribution is 2.13. The normalized spacial score (nSPS) is 12.7. The lowest BCUT2D eigenvalue weighted by molar-refractivity contribution is 0.674. The average molecular weight is 227 g/mol. The van der Waals surface area contributed by atoms with Crippen LogP contribution in [0.5, 0.6) is 0 Å². The summed E-state index contributed by atoms with van der Waals surface area (Å²) in [6, 6.07) is 0. The summed E-state index contributed by atoms with van der Waals surface area (Å²) >= 11 is 0. The summed E-state index contributed by atoms with van der Waals surface area (Å²) in [6.07, 6.45) is 9.17. The van der Waals surface area contributed by atoms with E-state index in [0.29, 0.717) is 0 Å². The molecule has 0 aliphatic carbocycles. The van der Waals surface area contributed by atoms with Gasteiger partial charge in [-0.2, -0.15) is 0 Å². The summed E-state index contributed by atoms with van der Waals surface area (Å²) < 4.78 is 0. The number of nitrogens with one attached hydrogen (secondary N) is 1. The van der Waals surface area contributed by atoms with Crippen LogP contribution in [0.2, 0.25) is 0 Å². The van der Waals surface area contributed by atoms with Crippen molar-refractivity contribution in [3.05, 3.63) is 10.9 Å². The van der Waals surface area contributed by atoms with E-state index in [4.69, 9.17) is 0 Å². The lowest BCUT2D eigenvalue weighted by Gasteiger charge is -2.14. The zero-order chi connectivity index (χ0) is 11.5. The predicted molar refractivity (Wildman–Crippen MR) is 74.3 cm³/mol. The van der Waals surface area contributed by atoms with Gasteiger partial charge in [0.05, 0.1) is 0 Å². The first kappa shape index (κ1) is 14.8. The van der Waals surface area contributed by atoms with E-state index in [1.807, 2.05) is 0 Å². The van der Waals surface area contributed by atoms with Gasteiger partial charge in [0.15, 0.2) is 0 Å². The minimum atomic E-state index is 1.15. The van der Waals surface area contributed by atoms with Crippen molar-refractivity contribution in [2.45, 2.75) is 65.7 Å². The zero-order valence-corrected chi connectivity index (χ0v) is 13.2. The molecule has 90 valence electrons. The smallest absolute Gasteiger partial charge is 0.0355 e. The van der Waals surface area contributed by atoms with E-state index in [2.05, 4.69) is 26.1 Å². The Bertz CT molecular complexity index is 165. The van der Waals surface area contributed by atoms with Crippen molar-refractivity contribution >= 4 is 10.2 Å². The molecule has 0 rings (SSSR count). The van der Waals surface area contributed by atoms with Gasteiger partial charge in [-0.15, -0.1) is 0 Å². The van der Waals surface area contributed by atoms with Gasteiger partial charge in [0.2, 0.25) is 0 Å². The fourth-order valence-electron chi connectivity index (χ4n) is 1.67. The molecular weight excluding hydrogens is 198 g/mol. The van der Waals surface area contributed by atoms with E-state index >= 15 is 0 Å². The van der Waals surface area contributed by atoms with Crippen molar-refractivity contribution in [3.63, 3.8) is 0 Å². The highest BCUT2D eigenvalue weighted by Gasteiger charge is 2.01. The summed E-state index contributed by atoms with van der Waals surface area (Å²) in [7, 11) is 1.24. The summed E-state index contributed by atoms with van der Waals surface area (Å²) in [6.45, 7) is 7.94. The Kier molecular flexibility index (Phi) is 10.1. The van der Waals surface area contributed by atoms with Crippen molar-refractivity contribution in [2.75, 3.05) is 6.54 Å². The van der Waals surface area contributed by atoms with Crippen LogP contribution in [0.4, 0.5) is 0 Å². The number of hydrogen-bond donors (Lipinski definition) is 1. The van der Waals surface area contributed by atoms with Gasteiger partial charge >= 0.3 is 0 Å². The third-order valence-corrected chi connectivity index (χ3v) is 3.89. The predicted octanol–water partition coefficient (Wildman–Crippen LogP) is 2.94. The molecule has 0 aliphatic heterocycles. The van der Waals surface area contributed by atoms with Crippen LogP contribution in [-0.2, 0) is 0 Å². The maximum atomic E-state index is 3.63. The van der Waals surface area contributed by atoms with Crippen LogP contribution in [0.15, 0.2) is 10.9 Å². The molecule has 0 atom stereocenters. The molecule has 0 aromatic carbocycles. The molecular formula is C13H29NSi. The van der Waals surface area contributed by atoms with E-state index in [1.165, 1.54) is 55.2 Å². The van der Waals surface area contributed by atoms with Gasteiger partial charge in [-0.3, -0.25) is 0 Å². The molecule has 0 aromatic rings. The second-order valence-electron chi connectivity index (χ2n) is 4.39. The van der Waals surface area contributed by atoms with Crippen LogP contribution in [0.1, 0.15) is 65.7 Å². The zero-order valence-electron chi connectivity index (χ0n) is 11.2.